The zero-order chi connectivity index (χ0) is 15.9. The Balaban J connectivity index is 1.69. The molecule has 0 saturated carbocycles. The number of nitrogens with one attached hydrogen (secondary N) is 2. The summed E-state index contributed by atoms with van der Waals surface area (Å²) in [6.07, 6.45) is 0.984. The quantitative estimate of drug-likeness (QED) is 0.744. The summed E-state index contributed by atoms with van der Waals surface area (Å²) in [6.45, 7) is 2.46. The van der Waals surface area contributed by atoms with Crippen LogP contribution in [0.3, 0.4) is 0 Å². The maximum absolute atomic E-state index is 11.8. The molecular formula is C16H17BrN2O2S. The van der Waals surface area contributed by atoms with Crippen LogP contribution in [-0.4, -0.2) is 18.4 Å². The average molecular weight is 381 g/mol. The van der Waals surface area contributed by atoms with Crippen molar-refractivity contribution >= 4 is 44.8 Å². The molecule has 2 aromatic rings. The Hall–Kier alpha value is -1.66. The zero-order valence-corrected chi connectivity index (χ0v) is 14.6. The van der Waals surface area contributed by atoms with E-state index in [1.54, 1.807) is 6.07 Å². The molecule has 0 aliphatic heterocycles. The number of carbonyl (C=O) groups excluding carboxylic acids is 2. The third kappa shape index (κ3) is 4.96. The monoisotopic (exact) mass is 380 g/mol. The Labute approximate surface area is 142 Å². The summed E-state index contributed by atoms with van der Waals surface area (Å²) >= 11 is 4.83. The summed E-state index contributed by atoms with van der Waals surface area (Å²) in [5, 5.41) is 7.53. The molecule has 0 aliphatic rings. The average Bonchev–Trinajstić information content (AvgIpc) is 3.01. The molecule has 1 aromatic heterocycles. The third-order valence-corrected chi connectivity index (χ3v) is 4.81. The molecule has 2 N–H and O–H groups in total. The van der Waals surface area contributed by atoms with Crippen LogP contribution in [0.5, 0.6) is 0 Å². The van der Waals surface area contributed by atoms with Gasteiger partial charge in [0.15, 0.2) is 0 Å². The van der Waals surface area contributed by atoms with E-state index in [0.29, 0.717) is 24.3 Å². The Bertz CT molecular complexity index is 656. The van der Waals surface area contributed by atoms with Gasteiger partial charge in [-0.2, -0.15) is 0 Å². The van der Waals surface area contributed by atoms with Crippen molar-refractivity contribution in [2.75, 3.05) is 11.9 Å². The number of hydrogen-bond donors (Lipinski definition) is 2. The summed E-state index contributed by atoms with van der Waals surface area (Å²) in [4.78, 5) is 24.2. The summed E-state index contributed by atoms with van der Waals surface area (Å²) in [5.74, 6) is -0.133. The van der Waals surface area contributed by atoms with Crippen molar-refractivity contribution in [1.82, 2.24) is 5.32 Å². The number of halogens is 1. The molecule has 0 unspecified atom stereocenters. The Morgan fingerprint density at radius 2 is 2.09 bits per heavy atom. The van der Waals surface area contributed by atoms with E-state index in [-0.39, 0.29) is 11.8 Å². The van der Waals surface area contributed by atoms with Gasteiger partial charge in [0.25, 0.3) is 5.91 Å². The molecule has 0 spiro atoms. The number of hydrogen-bond acceptors (Lipinski definition) is 3. The molecule has 0 radical (unpaired) electrons. The number of benzene rings is 1. The highest BCUT2D eigenvalue weighted by molar-refractivity contribution is 9.10. The van der Waals surface area contributed by atoms with E-state index < -0.39 is 0 Å². The van der Waals surface area contributed by atoms with Crippen molar-refractivity contribution in [2.45, 2.75) is 19.8 Å². The molecule has 6 heteroatoms. The minimum absolute atomic E-state index is 0.0490. The van der Waals surface area contributed by atoms with Gasteiger partial charge in [0.1, 0.15) is 0 Å². The maximum atomic E-state index is 11.8. The van der Waals surface area contributed by atoms with Gasteiger partial charge >= 0.3 is 0 Å². The number of carbonyl (C=O) groups is 2. The van der Waals surface area contributed by atoms with Crippen LogP contribution in [0, 0.1) is 6.92 Å². The van der Waals surface area contributed by atoms with Crippen molar-refractivity contribution < 1.29 is 9.59 Å². The normalized spacial score (nSPS) is 10.3. The third-order valence-electron chi connectivity index (χ3n) is 3.05. The molecule has 0 bridgehead atoms. The number of rotatable bonds is 6. The van der Waals surface area contributed by atoms with Gasteiger partial charge in [0, 0.05) is 23.1 Å². The number of amides is 2. The van der Waals surface area contributed by atoms with Crippen LogP contribution in [0.2, 0.25) is 0 Å². The second-order valence-electron chi connectivity index (χ2n) is 4.85. The second-order valence-corrected chi connectivity index (χ2v) is 6.65. The summed E-state index contributed by atoms with van der Waals surface area (Å²) in [7, 11) is 0. The van der Waals surface area contributed by atoms with E-state index in [1.807, 2.05) is 36.6 Å². The van der Waals surface area contributed by atoms with E-state index in [4.69, 9.17) is 0 Å². The van der Waals surface area contributed by atoms with E-state index in [2.05, 4.69) is 26.6 Å². The lowest BCUT2D eigenvalue weighted by Gasteiger charge is -2.07. The van der Waals surface area contributed by atoms with Crippen molar-refractivity contribution in [2.24, 2.45) is 0 Å². The first-order valence-corrected chi connectivity index (χ1v) is 8.61. The molecular weight excluding hydrogens is 364 g/mol. The topological polar surface area (TPSA) is 58.2 Å². The van der Waals surface area contributed by atoms with Gasteiger partial charge in [-0.15, -0.1) is 11.3 Å². The fraction of sp³-hybridized carbons (Fsp3) is 0.250. The molecule has 1 heterocycles. The molecule has 22 heavy (non-hydrogen) atoms. The Kier molecular flexibility index (Phi) is 6.15. The van der Waals surface area contributed by atoms with Crippen molar-refractivity contribution in [3.8, 4) is 0 Å². The molecule has 0 saturated heterocycles. The first-order chi connectivity index (χ1) is 10.6. The second kappa shape index (κ2) is 8.10. The molecule has 116 valence electrons. The predicted octanol–water partition coefficient (Wildman–Crippen LogP) is 3.97. The largest absolute Gasteiger partial charge is 0.351 e. The van der Waals surface area contributed by atoms with Crippen LogP contribution in [0.1, 0.15) is 28.1 Å². The summed E-state index contributed by atoms with van der Waals surface area (Å²) in [5.41, 5.74) is 1.86. The molecule has 2 rings (SSSR count). The molecule has 1 aromatic carbocycles. The molecule has 4 nitrogen and oxygen atoms in total. The lowest BCUT2D eigenvalue weighted by Crippen LogP contribution is -2.24. The van der Waals surface area contributed by atoms with E-state index in [0.717, 1.165) is 15.7 Å². The number of aryl methyl sites for hydroxylation is 1. The van der Waals surface area contributed by atoms with Gasteiger partial charge in [0.05, 0.1) is 4.88 Å². The van der Waals surface area contributed by atoms with E-state index in [9.17, 15) is 9.59 Å². The molecule has 2 amide bonds. The Morgan fingerprint density at radius 1 is 1.27 bits per heavy atom. The number of thiophene rings is 1. The van der Waals surface area contributed by atoms with Gasteiger partial charge in [-0.25, -0.2) is 0 Å². The smallest absolute Gasteiger partial charge is 0.261 e. The molecule has 0 fully saturated rings. The predicted molar refractivity (Wildman–Crippen MR) is 93.4 cm³/mol. The molecule has 0 atom stereocenters. The van der Waals surface area contributed by atoms with Gasteiger partial charge < -0.3 is 10.6 Å². The number of anilines is 1. The van der Waals surface area contributed by atoms with E-state index in [1.165, 1.54) is 11.3 Å². The summed E-state index contributed by atoms with van der Waals surface area (Å²) < 4.78 is 1.02. The van der Waals surface area contributed by atoms with Crippen LogP contribution in [0.15, 0.2) is 40.2 Å². The minimum atomic E-state index is -0.0843. The van der Waals surface area contributed by atoms with Crippen LogP contribution >= 0.6 is 27.3 Å². The first kappa shape index (κ1) is 16.7. The lowest BCUT2D eigenvalue weighted by atomic mass is 10.2. The highest BCUT2D eigenvalue weighted by Gasteiger charge is 2.07. The van der Waals surface area contributed by atoms with Crippen LogP contribution < -0.4 is 10.6 Å². The van der Waals surface area contributed by atoms with E-state index >= 15 is 0 Å². The summed E-state index contributed by atoms with van der Waals surface area (Å²) in [6, 6.07) is 9.30. The van der Waals surface area contributed by atoms with Gasteiger partial charge in [-0.3, -0.25) is 9.59 Å². The minimum Gasteiger partial charge on any atom is -0.351 e. The fourth-order valence-corrected chi connectivity index (χ4v) is 2.78. The maximum Gasteiger partial charge on any atom is 0.261 e. The van der Waals surface area contributed by atoms with Gasteiger partial charge in [-0.1, -0.05) is 22.0 Å². The molecule has 0 aliphatic carbocycles. The highest BCUT2D eigenvalue weighted by Crippen LogP contribution is 2.20. The van der Waals surface area contributed by atoms with Crippen molar-refractivity contribution in [1.29, 1.82) is 0 Å². The van der Waals surface area contributed by atoms with Crippen molar-refractivity contribution in [3.63, 3.8) is 0 Å². The van der Waals surface area contributed by atoms with Crippen LogP contribution in [-0.2, 0) is 4.79 Å². The lowest BCUT2D eigenvalue weighted by molar-refractivity contribution is -0.116. The SMILES string of the molecule is Cc1cc(NC(=O)CCCNC(=O)c2cccs2)ccc1Br. The van der Waals surface area contributed by atoms with Crippen LogP contribution in [0.25, 0.3) is 0 Å². The van der Waals surface area contributed by atoms with Gasteiger partial charge in [-0.05, 0) is 48.6 Å². The van der Waals surface area contributed by atoms with Crippen molar-refractivity contribution in [3.05, 3.63) is 50.6 Å². The zero-order valence-electron chi connectivity index (χ0n) is 12.2. The Morgan fingerprint density at radius 3 is 2.77 bits per heavy atom. The van der Waals surface area contributed by atoms with Gasteiger partial charge in [0.2, 0.25) is 5.91 Å². The standard InChI is InChI=1S/C16H17BrN2O2S/c1-11-10-12(6-7-13(11)17)19-15(20)5-2-8-18-16(21)14-4-3-9-22-14/h3-4,6-7,9-10H,2,5,8H2,1H3,(H,18,21)(H,19,20). The first-order valence-electron chi connectivity index (χ1n) is 6.94. The van der Waals surface area contributed by atoms with Crippen LogP contribution in [0.4, 0.5) is 5.69 Å². The highest BCUT2D eigenvalue weighted by atomic mass is 79.9. The fourth-order valence-electron chi connectivity index (χ4n) is 1.89.